The maximum atomic E-state index is 13.0. The molecule has 0 aliphatic carbocycles. The molecule has 0 saturated carbocycles. The summed E-state index contributed by atoms with van der Waals surface area (Å²) in [5.41, 5.74) is 1.99. The number of sulfonamides is 1. The molecule has 0 spiro atoms. The van der Waals surface area contributed by atoms with E-state index in [0.29, 0.717) is 37.0 Å². The van der Waals surface area contributed by atoms with Crippen molar-refractivity contribution in [1.82, 2.24) is 28.5 Å². The number of piperidine rings is 1. The molecule has 0 bridgehead atoms. The van der Waals surface area contributed by atoms with Crippen LogP contribution in [0.25, 0.3) is 5.65 Å². The van der Waals surface area contributed by atoms with Crippen LogP contribution in [0.1, 0.15) is 41.4 Å². The van der Waals surface area contributed by atoms with Gasteiger partial charge in [0.05, 0.1) is 6.26 Å². The molecular formula is C19H28N6O3S. The predicted molar refractivity (Wildman–Crippen MR) is 109 cm³/mol. The molecule has 0 N–H and O–H groups in total. The van der Waals surface area contributed by atoms with Gasteiger partial charge in [-0.3, -0.25) is 9.20 Å². The molecule has 1 amide bonds. The Labute approximate surface area is 171 Å². The van der Waals surface area contributed by atoms with Gasteiger partial charge in [0.1, 0.15) is 6.33 Å². The summed E-state index contributed by atoms with van der Waals surface area (Å²) in [6.45, 7) is 2.44. The number of imidazole rings is 1. The largest absolute Gasteiger partial charge is 0.336 e. The van der Waals surface area contributed by atoms with Crippen LogP contribution < -0.4 is 0 Å². The summed E-state index contributed by atoms with van der Waals surface area (Å²) in [5.74, 6) is 0.133. The Morgan fingerprint density at radius 1 is 1.14 bits per heavy atom. The van der Waals surface area contributed by atoms with Crippen LogP contribution in [0.15, 0.2) is 18.6 Å². The minimum Gasteiger partial charge on any atom is -0.336 e. The molecule has 158 valence electrons. The van der Waals surface area contributed by atoms with Gasteiger partial charge in [0, 0.05) is 50.0 Å². The molecule has 1 atom stereocenters. The lowest BCUT2D eigenvalue weighted by Crippen LogP contribution is -2.37. The lowest BCUT2D eigenvalue weighted by atomic mass is 9.94. The van der Waals surface area contributed by atoms with E-state index >= 15 is 0 Å². The summed E-state index contributed by atoms with van der Waals surface area (Å²) in [4.78, 5) is 25.9. The molecular weight excluding hydrogens is 392 g/mol. The Morgan fingerprint density at radius 2 is 1.86 bits per heavy atom. The highest BCUT2D eigenvalue weighted by atomic mass is 32.2. The lowest BCUT2D eigenvalue weighted by Gasteiger charge is -2.30. The van der Waals surface area contributed by atoms with Crippen molar-refractivity contribution in [2.75, 3.05) is 46.5 Å². The van der Waals surface area contributed by atoms with Crippen LogP contribution in [0, 0.1) is 0 Å². The molecule has 4 heterocycles. The summed E-state index contributed by atoms with van der Waals surface area (Å²) in [5, 5.41) is 0. The third kappa shape index (κ3) is 3.88. The Morgan fingerprint density at radius 3 is 2.48 bits per heavy atom. The first-order valence-corrected chi connectivity index (χ1v) is 11.8. The van der Waals surface area contributed by atoms with Crippen molar-refractivity contribution in [3.8, 4) is 0 Å². The van der Waals surface area contributed by atoms with E-state index in [4.69, 9.17) is 0 Å². The third-order valence-electron chi connectivity index (χ3n) is 6.19. The highest BCUT2D eigenvalue weighted by Gasteiger charge is 2.31. The lowest BCUT2D eigenvalue weighted by molar-refractivity contribution is 0.0779. The maximum Gasteiger partial charge on any atom is 0.276 e. The van der Waals surface area contributed by atoms with E-state index in [1.165, 1.54) is 10.6 Å². The molecule has 0 radical (unpaired) electrons. The number of hydrogen-bond acceptors (Lipinski definition) is 6. The van der Waals surface area contributed by atoms with Gasteiger partial charge in [0.25, 0.3) is 5.91 Å². The van der Waals surface area contributed by atoms with Gasteiger partial charge in [-0.1, -0.05) is 0 Å². The summed E-state index contributed by atoms with van der Waals surface area (Å²) in [6.07, 6.45) is 7.09. The van der Waals surface area contributed by atoms with Gasteiger partial charge in [-0.25, -0.2) is 22.7 Å². The number of likely N-dealkylation sites (N-methyl/N-ethyl adjacent to an activating group) is 1. The molecule has 2 aliphatic rings. The number of likely N-dealkylation sites (tertiary alicyclic amines) is 1. The second-order valence-electron chi connectivity index (χ2n) is 8.25. The zero-order chi connectivity index (χ0) is 20.8. The highest BCUT2D eigenvalue weighted by Crippen LogP contribution is 2.29. The van der Waals surface area contributed by atoms with Crippen molar-refractivity contribution >= 4 is 21.6 Å². The number of carbonyl (C=O) groups is 1. The van der Waals surface area contributed by atoms with Crippen LogP contribution in [-0.2, 0) is 10.0 Å². The zero-order valence-electron chi connectivity index (χ0n) is 17.2. The van der Waals surface area contributed by atoms with E-state index in [0.717, 1.165) is 31.5 Å². The number of amides is 1. The average Bonchev–Trinajstić information content (AvgIpc) is 3.34. The molecule has 2 fully saturated rings. The van der Waals surface area contributed by atoms with Gasteiger partial charge >= 0.3 is 0 Å². The molecule has 9 nitrogen and oxygen atoms in total. The summed E-state index contributed by atoms with van der Waals surface area (Å²) >= 11 is 0. The van der Waals surface area contributed by atoms with Crippen molar-refractivity contribution in [3.63, 3.8) is 0 Å². The molecule has 4 rings (SSSR count). The highest BCUT2D eigenvalue weighted by molar-refractivity contribution is 7.88. The topological polar surface area (TPSA) is 91.1 Å². The standard InChI is InChI=1S/C19H28N6O3S/c1-22(2)15-7-9-23(12-15)19(26)17-18-20-8-4-16(25(18)13-21-17)14-5-10-24(11-6-14)29(3,27)28/h4,8,13-15H,5-7,9-12H2,1-3H3. The third-order valence-corrected chi connectivity index (χ3v) is 7.49. The smallest absolute Gasteiger partial charge is 0.276 e. The summed E-state index contributed by atoms with van der Waals surface area (Å²) in [7, 11) is 0.917. The number of hydrogen-bond donors (Lipinski definition) is 0. The molecule has 29 heavy (non-hydrogen) atoms. The number of fused-ring (bicyclic) bond motifs is 1. The first-order valence-electron chi connectivity index (χ1n) is 9.98. The Balaban J connectivity index is 1.56. The monoisotopic (exact) mass is 420 g/mol. The van der Waals surface area contributed by atoms with Crippen LogP contribution in [0.2, 0.25) is 0 Å². The van der Waals surface area contributed by atoms with E-state index in [9.17, 15) is 13.2 Å². The molecule has 10 heteroatoms. The Hall–Kier alpha value is -2.04. The van der Waals surface area contributed by atoms with Crippen LogP contribution >= 0.6 is 0 Å². The van der Waals surface area contributed by atoms with Gasteiger partial charge in [-0.05, 0) is 39.4 Å². The fourth-order valence-electron chi connectivity index (χ4n) is 4.38. The van der Waals surface area contributed by atoms with Crippen molar-refractivity contribution in [2.24, 2.45) is 0 Å². The van der Waals surface area contributed by atoms with E-state index < -0.39 is 10.0 Å². The van der Waals surface area contributed by atoms with Crippen molar-refractivity contribution in [1.29, 1.82) is 0 Å². The Kier molecular flexibility index (Phi) is 5.34. The molecule has 2 aromatic heterocycles. The molecule has 2 aliphatic heterocycles. The van der Waals surface area contributed by atoms with Crippen LogP contribution in [0.3, 0.4) is 0 Å². The number of carbonyl (C=O) groups excluding carboxylic acids is 1. The van der Waals surface area contributed by atoms with Crippen molar-refractivity contribution in [2.45, 2.75) is 31.2 Å². The quantitative estimate of drug-likeness (QED) is 0.721. The van der Waals surface area contributed by atoms with Gasteiger partial charge in [0.2, 0.25) is 10.0 Å². The predicted octanol–water partition coefficient (Wildman–Crippen LogP) is 0.644. The minimum absolute atomic E-state index is 0.0756. The first kappa shape index (κ1) is 20.2. The second-order valence-corrected chi connectivity index (χ2v) is 10.2. The summed E-state index contributed by atoms with van der Waals surface area (Å²) in [6, 6.07) is 2.32. The van der Waals surface area contributed by atoms with E-state index in [-0.39, 0.29) is 11.8 Å². The van der Waals surface area contributed by atoms with Crippen LogP contribution in [0.4, 0.5) is 0 Å². The van der Waals surface area contributed by atoms with Gasteiger partial charge in [0.15, 0.2) is 11.3 Å². The SMILES string of the molecule is CN(C)C1CCN(C(=O)c2ncn3c(C4CCN(S(C)(=O)=O)CC4)ccnc23)C1. The second kappa shape index (κ2) is 7.66. The van der Waals surface area contributed by atoms with Gasteiger partial charge in [-0.2, -0.15) is 0 Å². The van der Waals surface area contributed by atoms with E-state index in [1.54, 1.807) is 12.5 Å². The molecule has 2 aromatic rings. The zero-order valence-corrected chi connectivity index (χ0v) is 18.0. The fraction of sp³-hybridized carbons (Fsp3) is 0.632. The minimum atomic E-state index is -3.15. The molecule has 0 aromatic carbocycles. The Bertz CT molecular complexity index is 1010. The van der Waals surface area contributed by atoms with Crippen molar-refractivity contribution in [3.05, 3.63) is 30.0 Å². The first-order chi connectivity index (χ1) is 13.8. The molecule has 2 saturated heterocycles. The number of nitrogens with zero attached hydrogens (tertiary/aromatic N) is 6. The van der Waals surface area contributed by atoms with Crippen LogP contribution in [0.5, 0.6) is 0 Å². The number of rotatable bonds is 4. The average molecular weight is 421 g/mol. The summed E-state index contributed by atoms with van der Waals surface area (Å²) < 4.78 is 27.0. The van der Waals surface area contributed by atoms with E-state index in [2.05, 4.69) is 14.9 Å². The van der Waals surface area contributed by atoms with Gasteiger partial charge in [-0.15, -0.1) is 0 Å². The number of aromatic nitrogens is 3. The molecule has 1 unspecified atom stereocenters. The van der Waals surface area contributed by atoms with Crippen molar-refractivity contribution < 1.29 is 13.2 Å². The van der Waals surface area contributed by atoms with Crippen LogP contribution in [-0.4, -0.2) is 95.4 Å². The van der Waals surface area contributed by atoms with E-state index in [1.807, 2.05) is 29.5 Å². The normalized spacial score (nSPS) is 22.1. The maximum absolute atomic E-state index is 13.0. The van der Waals surface area contributed by atoms with Gasteiger partial charge < -0.3 is 9.80 Å². The fourth-order valence-corrected chi connectivity index (χ4v) is 5.26.